The van der Waals surface area contributed by atoms with Crippen LogP contribution in [0, 0.1) is 6.92 Å². The highest BCUT2D eigenvalue weighted by molar-refractivity contribution is 9.10. The Hall–Kier alpha value is -3.45. The van der Waals surface area contributed by atoms with Gasteiger partial charge in [-0.25, -0.2) is 0 Å². The zero-order chi connectivity index (χ0) is 23.3. The number of carbonyl (C=O) groups is 3. The first kappa shape index (κ1) is 21.4. The third kappa shape index (κ3) is 3.35. The fourth-order valence-corrected chi connectivity index (χ4v) is 4.76. The SMILES string of the molecule is CCOc1ccc([C@H]2[C@@H](N3C(=O)c4ccccc4C3=O)C(=O)N2c2ccc(Br)c(C)c2)cc1. The van der Waals surface area contributed by atoms with Crippen molar-refractivity contribution in [2.24, 2.45) is 0 Å². The Morgan fingerprint density at radius 2 is 1.48 bits per heavy atom. The molecule has 2 aliphatic rings. The van der Waals surface area contributed by atoms with Gasteiger partial charge in [0, 0.05) is 10.2 Å². The van der Waals surface area contributed by atoms with Crippen LogP contribution in [-0.2, 0) is 4.79 Å². The van der Waals surface area contributed by atoms with Crippen molar-refractivity contribution in [3.63, 3.8) is 0 Å². The molecule has 0 spiro atoms. The van der Waals surface area contributed by atoms with E-state index in [1.807, 2.05) is 56.3 Å². The molecule has 2 aliphatic heterocycles. The smallest absolute Gasteiger partial charge is 0.262 e. The molecule has 0 aliphatic carbocycles. The molecule has 3 aromatic carbocycles. The van der Waals surface area contributed by atoms with E-state index in [1.54, 1.807) is 29.2 Å². The van der Waals surface area contributed by atoms with Crippen LogP contribution >= 0.6 is 15.9 Å². The van der Waals surface area contributed by atoms with E-state index in [2.05, 4.69) is 15.9 Å². The summed E-state index contributed by atoms with van der Waals surface area (Å²) in [4.78, 5) is 42.6. The standard InChI is InChI=1S/C26H21BrN2O4/c1-3-33-18-11-8-16(9-12-18)22-23(26(32)28(22)17-10-13-21(27)15(2)14-17)29-24(30)19-6-4-5-7-20(19)25(29)31/h4-14,22-23H,3H2,1-2H3/t22-,23+/m0/s1. The maximum absolute atomic E-state index is 13.5. The molecule has 3 amide bonds. The van der Waals surface area contributed by atoms with Crippen LogP contribution in [-0.4, -0.2) is 35.3 Å². The molecule has 2 atom stereocenters. The fraction of sp³-hybridized carbons (Fsp3) is 0.192. The van der Waals surface area contributed by atoms with Crippen LogP contribution < -0.4 is 9.64 Å². The van der Waals surface area contributed by atoms with Crippen molar-refractivity contribution in [3.8, 4) is 5.75 Å². The summed E-state index contributed by atoms with van der Waals surface area (Å²) in [5, 5.41) is 0. The molecule has 2 heterocycles. The molecule has 0 bridgehead atoms. The third-order valence-electron chi connectivity index (χ3n) is 6.12. The molecule has 6 nitrogen and oxygen atoms in total. The number of carbonyl (C=O) groups excluding carboxylic acids is 3. The molecule has 1 saturated heterocycles. The first-order valence-corrected chi connectivity index (χ1v) is 11.5. The number of aryl methyl sites for hydroxylation is 1. The van der Waals surface area contributed by atoms with Crippen LogP contribution in [0.2, 0.25) is 0 Å². The predicted octanol–water partition coefficient (Wildman–Crippen LogP) is 4.91. The number of hydrogen-bond acceptors (Lipinski definition) is 4. The van der Waals surface area contributed by atoms with Gasteiger partial charge in [0.2, 0.25) is 0 Å². The molecule has 7 heteroatoms. The van der Waals surface area contributed by atoms with Gasteiger partial charge in [0.05, 0.1) is 23.8 Å². The summed E-state index contributed by atoms with van der Waals surface area (Å²) >= 11 is 3.50. The second-order valence-electron chi connectivity index (χ2n) is 8.06. The van der Waals surface area contributed by atoms with Crippen molar-refractivity contribution in [2.45, 2.75) is 25.9 Å². The zero-order valence-electron chi connectivity index (χ0n) is 18.1. The van der Waals surface area contributed by atoms with Crippen LogP contribution in [0.1, 0.15) is 44.8 Å². The summed E-state index contributed by atoms with van der Waals surface area (Å²) in [6, 6.07) is 18.4. The summed E-state index contributed by atoms with van der Waals surface area (Å²) < 4.78 is 6.49. The number of hydrogen-bond donors (Lipinski definition) is 0. The van der Waals surface area contributed by atoms with E-state index in [0.717, 1.165) is 26.2 Å². The number of β-lactam (4-membered cyclic amide) rings is 1. The molecular formula is C26H21BrN2O4. The summed E-state index contributed by atoms with van der Waals surface area (Å²) in [5.41, 5.74) is 3.18. The van der Waals surface area contributed by atoms with Crippen molar-refractivity contribution in [3.05, 3.63) is 93.5 Å². The number of fused-ring (bicyclic) bond motifs is 1. The molecule has 0 radical (unpaired) electrons. The lowest BCUT2D eigenvalue weighted by Gasteiger charge is -2.50. The second kappa shape index (κ2) is 8.15. The molecule has 166 valence electrons. The van der Waals surface area contributed by atoms with Gasteiger partial charge in [-0.2, -0.15) is 0 Å². The third-order valence-corrected chi connectivity index (χ3v) is 7.01. The Kier molecular flexibility index (Phi) is 5.29. The number of ether oxygens (including phenoxy) is 1. The van der Waals surface area contributed by atoms with Crippen molar-refractivity contribution in [1.29, 1.82) is 0 Å². The van der Waals surface area contributed by atoms with Gasteiger partial charge in [-0.05, 0) is 67.4 Å². The van der Waals surface area contributed by atoms with Gasteiger partial charge in [-0.15, -0.1) is 0 Å². The summed E-state index contributed by atoms with van der Waals surface area (Å²) in [7, 11) is 0. The number of amides is 3. The lowest BCUT2D eigenvalue weighted by atomic mass is 9.86. The number of imide groups is 1. The average molecular weight is 505 g/mol. The van der Waals surface area contributed by atoms with E-state index < -0.39 is 23.9 Å². The van der Waals surface area contributed by atoms with Crippen molar-refractivity contribution in [1.82, 2.24) is 4.90 Å². The van der Waals surface area contributed by atoms with Crippen LogP contribution in [0.25, 0.3) is 0 Å². The minimum atomic E-state index is -0.917. The number of benzene rings is 3. The molecule has 0 aromatic heterocycles. The lowest BCUT2D eigenvalue weighted by Crippen LogP contribution is -2.67. The van der Waals surface area contributed by atoms with Crippen molar-refractivity contribution in [2.75, 3.05) is 11.5 Å². The van der Waals surface area contributed by atoms with Gasteiger partial charge in [-0.3, -0.25) is 19.3 Å². The predicted molar refractivity (Wildman–Crippen MR) is 127 cm³/mol. The van der Waals surface area contributed by atoms with E-state index in [-0.39, 0.29) is 5.91 Å². The molecule has 0 unspecified atom stereocenters. The van der Waals surface area contributed by atoms with Gasteiger partial charge in [-0.1, -0.05) is 40.2 Å². The molecule has 0 saturated carbocycles. The molecular weight excluding hydrogens is 484 g/mol. The van der Waals surface area contributed by atoms with Crippen LogP contribution in [0.3, 0.4) is 0 Å². The highest BCUT2D eigenvalue weighted by Gasteiger charge is 2.57. The van der Waals surface area contributed by atoms with E-state index in [0.29, 0.717) is 23.4 Å². The highest BCUT2D eigenvalue weighted by atomic mass is 79.9. The van der Waals surface area contributed by atoms with E-state index in [9.17, 15) is 14.4 Å². The molecule has 3 aromatic rings. The van der Waals surface area contributed by atoms with Crippen molar-refractivity contribution >= 4 is 39.3 Å². The van der Waals surface area contributed by atoms with Gasteiger partial charge >= 0.3 is 0 Å². The monoisotopic (exact) mass is 504 g/mol. The van der Waals surface area contributed by atoms with E-state index >= 15 is 0 Å². The van der Waals surface area contributed by atoms with Gasteiger partial charge < -0.3 is 9.64 Å². The first-order chi connectivity index (χ1) is 15.9. The normalized spacial score (nSPS) is 19.5. The average Bonchev–Trinajstić information content (AvgIpc) is 3.06. The largest absolute Gasteiger partial charge is 0.494 e. The maximum Gasteiger partial charge on any atom is 0.262 e. The Labute approximate surface area is 199 Å². The topological polar surface area (TPSA) is 66.9 Å². The maximum atomic E-state index is 13.5. The number of rotatable bonds is 5. The van der Waals surface area contributed by atoms with Crippen LogP contribution in [0.4, 0.5) is 5.69 Å². The Morgan fingerprint density at radius 3 is 2.06 bits per heavy atom. The first-order valence-electron chi connectivity index (χ1n) is 10.7. The fourth-order valence-electron chi connectivity index (χ4n) is 4.51. The van der Waals surface area contributed by atoms with E-state index in [1.165, 1.54) is 0 Å². The lowest BCUT2D eigenvalue weighted by molar-refractivity contribution is -0.130. The summed E-state index contributed by atoms with van der Waals surface area (Å²) in [6.45, 7) is 4.41. The minimum absolute atomic E-state index is 0.287. The van der Waals surface area contributed by atoms with Crippen LogP contribution in [0.15, 0.2) is 71.2 Å². The quantitative estimate of drug-likeness (QED) is 0.365. The summed E-state index contributed by atoms with van der Waals surface area (Å²) in [6.07, 6.45) is 0. The van der Waals surface area contributed by atoms with Crippen molar-refractivity contribution < 1.29 is 19.1 Å². The van der Waals surface area contributed by atoms with Gasteiger partial charge in [0.1, 0.15) is 11.8 Å². The zero-order valence-corrected chi connectivity index (χ0v) is 19.7. The van der Waals surface area contributed by atoms with Gasteiger partial charge in [0.15, 0.2) is 0 Å². The van der Waals surface area contributed by atoms with Crippen LogP contribution in [0.5, 0.6) is 5.75 Å². The Morgan fingerprint density at radius 1 is 0.848 bits per heavy atom. The van der Waals surface area contributed by atoms with E-state index in [4.69, 9.17) is 4.74 Å². The number of anilines is 1. The highest BCUT2D eigenvalue weighted by Crippen LogP contribution is 2.45. The second-order valence-corrected chi connectivity index (χ2v) is 8.91. The van der Waals surface area contributed by atoms with Gasteiger partial charge in [0.25, 0.3) is 17.7 Å². The number of nitrogens with zero attached hydrogens (tertiary/aromatic N) is 2. The molecule has 5 rings (SSSR count). The molecule has 33 heavy (non-hydrogen) atoms. The molecule has 1 fully saturated rings. The molecule has 0 N–H and O–H groups in total. The number of halogens is 1. The Bertz CT molecular complexity index is 1250. The summed E-state index contributed by atoms with van der Waals surface area (Å²) in [5.74, 6) is -0.437. The Balaban J connectivity index is 1.57. The minimum Gasteiger partial charge on any atom is -0.494 e.